The molecule has 1 aromatic heterocycles. The Labute approximate surface area is 138 Å². The van der Waals surface area contributed by atoms with Crippen molar-refractivity contribution in [3.05, 3.63) is 12.1 Å². The molecular formula is C15H18N3O5P. The molecule has 0 saturated carbocycles. The van der Waals surface area contributed by atoms with Gasteiger partial charge in [0.25, 0.3) is 5.88 Å². The second-order valence-electron chi connectivity index (χ2n) is 5.91. The van der Waals surface area contributed by atoms with Gasteiger partial charge >= 0.3 is 7.82 Å². The molecule has 128 valence electrons. The lowest BCUT2D eigenvalue weighted by Gasteiger charge is -2.15. The number of nitrogens with one attached hydrogen (secondary N) is 1. The lowest BCUT2D eigenvalue weighted by Crippen LogP contribution is -2.16. The second-order valence-corrected chi connectivity index (χ2v) is 7.36. The van der Waals surface area contributed by atoms with Gasteiger partial charge in [0, 0.05) is 18.7 Å². The first-order valence-electron chi connectivity index (χ1n) is 7.73. The van der Waals surface area contributed by atoms with Gasteiger partial charge in [-0.25, -0.2) is 4.98 Å². The number of methoxy groups -OCH3 is 1. The summed E-state index contributed by atoms with van der Waals surface area (Å²) < 4.78 is 33.2. The summed E-state index contributed by atoms with van der Waals surface area (Å²) in [7, 11) is -1.98. The predicted molar refractivity (Wildman–Crippen MR) is 89.2 cm³/mol. The third kappa shape index (κ3) is 2.42. The molecule has 0 saturated heterocycles. The lowest BCUT2D eigenvalue weighted by atomic mass is 10.1. The molecule has 2 bridgehead atoms. The number of hydrogen-bond donors (Lipinski definition) is 2. The molecule has 2 unspecified atom stereocenters. The highest BCUT2D eigenvalue weighted by Crippen LogP contribution is 2.69. The van der Waals surface area contributed by atoms with E-state index >= 15 is 0 Å². The van der Waals surface area contributed by atoms with E-state index in [0.717, 1.165) is 25.1 Å². The molecule has 0 aliphatic carbocycles. The van der Waals surface area contributed by atoms with E-state index in [1.165, 1.54) is 0 Å². The van der Waals surface area contributed by atoms with Crippen molar-refractivity contribution >= 4 is 24.4 Å². The normalized spacial score (nSPS) is 21.1. The minimum absolute atomic E-state index is 0.167. The van der Waals surface area contributed by atoms with Crippen LogP contribution in [0, 0.1) is 0 Å². The Morgan fingerprint density at radius 1 is 1.33 bits per heavy atom. The fourth-order valence-electron chi connectivity index (χ4n) is 2.79. The van der Waals surface area contributed by atoms with E-state index in [9.17, 15) is 4.57 Å². The average molecular weight is 351 g/mol. The molecule has 2 aromatic rings. The molecule has 9 heteroatoms. The zero-order valence-corrected chi connectivity index (χ0v) is 14.3. The molecule has 24 heavy (non-hydrogen) atoms. The summed E-state index contributed by atoms with van der Waals surface area (Å²) in [5.41, 5.74) is 7.21. The highest BCUT2D eigenvalue weighted by Gasteiger charge is 2.52. The van der Waals surface area contributed by atoms with Crippen molar-refractivity contribution in [1.29, 1.82) is 0 Å². The van der Waals surface area contributed by atoms with Gasteiger partial charge in [-0.15, -0.1) is 0 Å². The molecular weight excluding hydrogens is 333 g/mol. The minimum atomic E-state index is -3.57. The third-order valence-electron chi connectivity index (χ3n) is 3.93. The first kappa shape index (κ1) is 15.4. The molecule has 3 heterocycles. The van der Waals surface area contributed by atoms with E-state index in [0.29, 0.717) is 28.2 Å². The van der Waals surface area contributed by atoms with Gasteiger partial charge in [-0.3, -0.25) is 0 Å². The number of aromatic nitrogens is 1. The lowest BCUT2D eigenvalue weighted by molar-refractivity contribution is 0.352. The van der Waals surface area contributed by atoms with Crippen LogP contribution >= 0.6 is 7.82 Å². The fourth-order valence-corrected chi connectivity index (χ4v) is 4.03. The van der Waals surface area contributed by atoms with E-state index in [2.05, 4.69) is 10.3 Å². The van der Waals surface area contributed by atoms with Crippen LogP contribution in [0.4, 0.5) is 5.69 Å². The molecule has 2 aliphatic heterocycles. The molecule has 8 nitrogen and oxygen atoms in total. The van der Waals surface area contributed by atoms with E-state index in [1.807, 2.05) is 13.0 Å². The quantitative estimate of drug-likeness (QED) is 0.604. The number of anilines is 1. The van der Waals surface area contributed by atoms with E-state index in [-0.39, 0.29) is 11.9 Å². The van der Waals surface area contributed by atoms with Gasteiger partial charge in [-0.05, 0) is 25.8 Å². The van der Waals surface area contributed by atoms with Crippen molar-refractivity contribution in [2.75, 3.05) is 19.0 Å². The van der Waals surface area contributed by atoms with Gasteiger partial charge in [-0.1, -0.05) is 0 Å². The average Bonchev–Trinajstić information content (AvgIpc) is 3.05. The maximum absolute atomic E-state index is 12.1. The fraction of sp³-hybridized carbons (Fsp3) is 0.400. The van der Waals surface area contributed by atoms with Gasteiger partial charge in [0.1, 0.15) is 11.3 Å². The van der Waals surface area contributed by atoms with Crippen molar-refractivity contribution in [2.45, 2.75) is 25.8 Å². The molecule has 2 atom stereocenters. The number of benzene rings is 1. The Kier molecular flexibility index (Phi) is 3.47. The summed E-state index contributed by atoms with van der Waals surface area (Å²) in [5.74, 6) is 1.53. The standard InChI is InChI=1S/C15H18N3O5P/c1-8(16)4-3-5-17-11-7-9(20-2)6-10-12(11)18-15-14-13(10)21-24(19,22-14)23-15/h6-8,17H,3-5,16H2,1-2H3. The zero-order chi connectivity index (χ0) is 16.9. The number of phosphoric ester groups is 1. The Morgan fingerprint density at radius 3 is 2.83 bits per heavy atom. The van der Waals surface area contributed by atoms with Gasteiger partial charge in [0.2, 0.25) is 5.75 Å². The molecule has 0 radical (unpaired) electrons. The Hall–Kier alpha value is -2.18. The predicted octanol–water partition coefficient (Wildman–Crippen LogP) is 3.05. The highest BCUT2D eigenvalue weighted by atomic mass is 31.2. The Morgan fingerprint density at radius 2 is 2.12 bits per heavy atom. The summed E-state index contributed by atoms with van der Waals surface area (Å²) in [6.07, 6.45) is 1.85. The summed E-state index contributed by atoms with van der Waals surface area (Å²) in [5, 5.41) is 4.01. The van der Waals surface area contributed by atoms with Crippen LogP contribution in [0.3, 0.4) is 0 Å². The van der Waals surface area contributed by atoms with Crippen LogP contribution < -0.4 is 29.4 Å². The number of nitrogens with two attached hydrogens (primary N) is 1. The number of rotatable bonds is 6. The molecule has 3 N–H and O–H groups in total. The Balaban J connectivity index is 1.73. The van der Waals surface area contributed by atoms with Gasteiger partial charge in [0.15, 0.2) is 5.75 Å². The molecule has 0 spiro atoms. The maximum Gasteiger partial charge on any atom is 0.648 e. The largest absolute Gasteiger partial charge is 0.648 e. The van der Waals surface area contributed by atoms with Crippen LogP contribution in [0.2, 0.25) is 0 Å². The number of phosphoric acid groups is 1. The number of nitrogens with zero attached hydrogens (tertiary/aromatic N) is 1. The van der Waals surface area contributed by atoms with Crippen LogP contribution in [0.5, 0.6) is 23.1 Å². The Bertz CT molecular complexity index is 870. The van der Waals surface area contributed by atoms with Crippen molar-refractivity contribution < 1.29 is 22.9 Å². The summed E-state index contributed by atoms with van der Waals surface area (Å²) in [6, 6.07) is 3.80. The van der Waals surface area contributed by atoms with Gasteiger partial charge in [-0.2, -0.15) is 4.57 Å². The van der Waals surface area contributed by atoms with Crippen LogP contribution in [0.25, 0.3) is 10.9 Å². The first-order chi connectivity index (χ1) is 11.5. The molecule has 4 rings (SSSR count). The van der Waals surface area contributed by atoms with E-state index in [4.69, 9.17) is 24.0 Å². The number of hydrogen-bond acceptors (Lipinski definition) is 8. The van der Waals surface area contributed by atoms with E-state index in [1.54, 1.807) is 13.2 Å². The zero-order valence-electron chi connectivity index (χ0n) is 13.4. The van der Waals surface area contributed by atoms with Gasteiger partial charge < -0.3 is 29.4 Å². The number of pyridine rings is 1. The first-order valence-corrected chi connectivity index (χ1v) is 9.19. The summed E-state index contributed by atoms with van der Waals surface area (Å²) >= 11 is 0. The van der Waals surface area contributed by atoms with Crippen LogP contribution in [0.15, 0.2) is 12.1 Å². The van der Waals surface area contributed by atoms with Crippen LogP contribution in [-0.2, 0) is 4.57 Å². The SMILES string of the molecule is COc1cc(NCCCC(C)N)c2nc3c4c(c2c1)OP(=O)(O3)O4. The third-order valence-corrected chi connectivity index (χ3v) is 5.14. The smallest absolute Gasteiger partial charge is 0.497 e. The molecule has 0 amide bonds. The topological polar surface area (TPSA) is 105 Å². The van der Waals surface area contributed by atoms with Crippen molar-refractivity contribution in [2.24, 2.45) is 5.73 Å². The van der Waals surface area contributed by atoms with Crippen molar-refractivity contribution in [1.82, 2.24) is 4.98 Å². The summed E-state index contributed by atoms with van der Waals surface area (Å²) in [6.45, 7) is 2.73. The monoisotopic (exact) mass is 351 g/mol. The molecule has 1 aromatic carbocycles. The number of ether oxygens (including phenoxy) is 1. The maximum atomic E-state index is 12.1. The van der Waals surface area contributed by atoms with E-state index < -0.39 is 7.82 Å². The highest BCUT2D eigenvalue weighted by molar-refractivity contribution is 7.50. The molecule has 0 fully saturated rings. The second kappa shape index (κ2) is 5.43. The molecule has 2 aliphatic rings. The summed E-state index contributed by atoms with van der Waals surface area (Å²) in [4.78, 5) is 4.44. The van der Waals surface area contributed by atoms with Crippen LogP contribution in [-0.4, -0.2) is 24.7 Å². The minimum Gasteiger partial charge on any atom is -0.497 e. The number of fused-ring (bicyclic) bond motifs is 3. The van der Waals surface area contributed by atoms with Crippen molar-refractivity contribution in [3.8, 4) is 23.1 Å². The van der Waals surface area contributed by atoms with Crippen molar-refractivity contribution in [3.63, 3.8) is 0 Å². The van der Waals surface area contributed by atoms with Gasteiger partial charge in [0.05, 0.1) is 18.2 Å². The van der Waals surface area contributed by atoms with Crippen LogP contribution in [0.1, 0.15) is 19.8 Å².